The number of rotatable bonds is 1. The van der Waals surface area contributed by atoms with E-state index < -0.39 is 0 Å². The highest BCUT2D eigenvalue weighted by Crippen LogP contribution is 2.06. The predicted molar refractivity (Wildman–Crippen MR) is 47.7 cm³/mol. The second kappa shape index (κ2) is 3.87. The zero-order chi connectivity index (χ0) is 9.14. The van der Waals surface area contributed by atoms with Crippen LogP contribution in [0.5, 0.6) is 0 Å². The van der Waals surface area contributed by atoms with E-state index in [0.29, 0.717) is 6.04 Å². The highest BCUT2D eigenvalue weighted by atomic mass is 16.2. The molecule has 0 aromatic carbocycles. The van der Waals surface area contributed by atoms with Gasteiger partial charge in [0.15, 0.2) is 0 Å². The monoisotopic (exact) mass is 171 g/mol. The van der Waals surface area contributed by atoms with Gasteiger partial charge in [-0.3, -0.25) is 4.79 Å². The fourth-order valence-corrected chi connectivity index (χ4v) is 1.63. The highest BCUT2D eigenvalue weighted by molar-refractivity contribution is 5.78. The van der Waals surface area contributed by atoms with Gasteiger partial charge in [0, 0.05) is 25.7 Å². The van der Waals surface area contributed by atoms with E-state index in [1.807, 2.05) is 4.90 Å². The van der Waals surface area contributed by atoms with Crippen molar-refractivity contribution in [1.82, 2.24) is 9.80 Å². The van der Waals surface area contributed by atoms with E-state index in [2.05, 4.69) is 18.9 Å². The summed E-state index contributed by atoms with van der Waals surface area (Å²) in [6, 6.07) is 0.305. The molecule has 1 atom stereocenters. The first-order valence-corrected chi connectivity index (χ1v) is 4.33. The summed E-state index contributed by atoms with van der Waals surface area (Å²) in [5.74, 6) is 0.0654. The Bertz CT molecular complexity index is 172. The molecule has 70 valence electrons. The van der Waals surface area contributed by atoms with E-state index in [4.69, 9.17) is 5.73 Å². The SMILES string of the molecule is C[C@@H]1CN(C)CCN1C(=O)CN. The first-order chi connectivity index (χ1) is 5.65. The molecule has 4 nitrogen and oxygen atoms in total. The summed E-state index contributed by atoms with van der Waals surface area (Å²) in [4.78, 5) is 15.4. The lowest BCUT2D eigenvalue weighted by Gasteiger charge is -2.38. The predicted octanol–water partition coefficient (Wildman–Crippen LogP) is -0.892. The van der Waals surface area contributed by atoms with Crippen molar-refractivity contribution in [1.29, 1.82) is 0 Å². The van der Waals surface area contributed by atoms with Gasteiger partial charge in [-0.2, -0.15) is 0 Å². The number of nitrogens with two attached hydrogens (primary N) is 1. The molecule has 0 radical (unpaired) electrons. The van der Waals surface area contributed by atoms with Crippen molar-refractivity contribution in [3.8, 4) is 0 Å². The molecule has 1 rings (SSSR count). The highest BCUT2D eigenvalue weighted by Gasteiger charge is 2.24. The molecule has 0 spiro atoms. The molecule has 0 bridgehead atoms. The van der Waals surface area contributed by atoms with Crippen LogP contribution in [0.4, 0.5) is 0 Å². The minimum Gasteiger partial charge on any atom is -0.336 e. The van der Waals surface area contributed by atoms with Crippen molar-refractivity contribution in [2.75, 3.05) is 33.2 Å². The average Bonchev–Trinajstić information content (AvgIpc) is 2.03. The largest absolute Gasteiger partial charge is 0.336 e. The van der Waals surface area contributed by atoms with E-state index in [1.54, 1.807) is 0 Å². The van der Waals surface area contributed by atoms with Crippen LogP contribution in [0.1, 0.15) is 6.92 Å². The van der Waals surface area contributed by atoms with Gasteiger partial charge < -0.3 is 15.5 Å². The zero-order valence-electron chi connectivity index (χ0n) is 7.79. The summed E-state index contributed by atoms with van der Waals surface area (Å²) in [5.41, 5.74) is 5.29. The maximum absolute atomic E-state index is 11.3. The van der Waals surface area contributed by atoms with Crippen molar-refractivity contribution >= 4 is 5.91 Å². The molecule has 1 amide bonds. The van der Waals surface area contributed by atoms with E-state index in [-0.39, 0.29) is 12.5 Å². The molecule has 0 unspecified atom stereocenters. The molecule has 12 heavy (non-hydrogen) atoms. The van der Waals surface area contributed by atoms with Crippen LogP contribution < -0.4 is 5.73 Å². The summed E-state index contributed by atoms with van der Waals surface area (Å²) < 4.78 is 0. The molecule has 1 aliphatic rings. The Kier molecular flexibility index (Phi) is 3.05. The van der Waals surface area contributed by atoms with Gasteiger partial charge in [0.05, 0.1) is 6.54 Å². The normalized spacial score (nSPS) is 25.9. The smallest absolute Gasteiger partial charge is 0.236 e. The van der Waals surface area contributed by atoms with Gasteiger partial charge in [-0.1, -0.05) is 0 Å². The number of nitrogens with zero attached hydrogens (tertiary/aromatic N) is 2. The van der Waals surface area contributed by atoms with Gasteiger partial charge >= 0.3 is 0 Å². The van der Waals surface area contributed by atoms with E-state index in [9.17, 15) is 4.79 Å². The molecule has 1 aliphatic heterocycles. The second-order valence-corrected chi connectivity index (χ2v) is 3.40. The maximum Gasteiger partial charge on any atom is 0.236 e. The van der Waals surface area contributed by atoms with Crippen LogP contribution in [-0.4, -0.2) is 55.0 Å². The molecule has 0 saturated carbocycles. The van der Waals surface area contributed by atoms with E-state index >= 15 is 0 Å². The van der Waals surface area contributed by atoms with Crippen LogP contribution in [0.15, 0.2) is 0 Å². The van der Waals surface area contributed by atoms with Crippen molar-refractivity contribution < 1.29 is 4.79 Å². The summed E-state index contributed by atoms with van der Waals surface area (Å²) in [7, 11) is 2.07. The standard InChI is InChI=1S/C8H17N3O/c1-7-6-10(2)3-4-11(7)8(12)5-9/h7H,3-6,9H2,1-2H3/t7-/m1/s1. The number of likely N-dealkylation sites (N-methyl/N-ethyl adjacent to an activating group) is 1. The van der Waals surface area contributed by atoms with Gasteiger partial charge in [0.2, 0.25) is 5.91 Å². The van der Waals surface area contributed by atoms with Crippen LogP contribution in [0, 0.1) is 0 Å². The maximum atomic E-state index is 11.3. The lowest BCUT2D eigenvalue weighted by atomic mass is 10.2. The first-order valence-electron chi connectivity index (χ1n) is 4.33. The molecule has 2 N–H and O–H groups in total. The number of piperazine rings is 1. The molecule has 1 heterocycles. The Morgan fingerprint density at radius 2 is 2.25 bits per heavy atom. The minimum absolute atomic E-state index is 0.0654. The lowest BCUT2D eigenvalue weighted by Crippen LogP contribution is -2.54. The average molecular weight is 171 g/mol. The summed E-state index contributed by atoms with van der Waals surface area (Å²) in [5, 5.41) is 0. The first kappa shape index (κ1) is 9.48. The molecular weight excluding hydrogens is 154 g/mol. The molecule has 4 heteroatoms. The van der Waals surface area contributed by atoms with Gasteiger partial charge in [-0.15, -0.1) is 0 Å². The number of amides is 1. The molecule has 0 aromatic rings. The molecule has 1 fully saturated rings. The number of hydrogen-bond acceptors (Lipinski definition) is 3. The topological polar surface area (TPSA) is 49.6 Å². The van der Waals surface area contributed by atoms with Crippen LogP contribution >= 0.6 is 0 Å². The number of carbonyl (C=O) groups excluding carboxylic acids is 1. The molecule has 0 aliphatic carbocycles. The Morgan fingerprint density at radius 3 is 2.75 bits per heavy atom. The third-order valence-electron chi connectivity index (χ3n) is 2.33. The van der Waals surface area contributed by atoms with Gasteiger partial charge in [0.1, 0.15) is 0 Å². The number of hydrogen-bond donors (Lipinski definition) is 1. The second-order valence-electron chi connectivity index (χ2n) is 3.40. The Hall–Kier alpha value is -0.610. The Morgan fingerprint density at radius 1 is 1.58 bits per heavy atom. The zero-order valence-corrected chi connectivity index (χ0v) is 7.79. The van der Waals surface area contributed by atoms with Crippen molar-refractivity contribution in [2.24, 2.45) is 5.73 Å². The fraction of sp³-hybridized carbons (Fsp3) is 0.875. The van der Waals surface area contributed by atoms with Crippen LogP contribution in [0.25, 0.3) is 0 Å². The Balaban J connectivity index is 2.50. The quantitative estimate of drug-likeness (QED) is 0.556. The van der Waals surface area contributed by atoms with Gasteiger partial charge in [0.25, 0.3) is 0 Å². The summed E-state index contributed by atoms with van der Waals surface area (Å²) in [6.45, 7) is 4.91. The third-order valence-corrected chi connectivity index (χ3v) is 2.33. The van der Waals surface area contributed by atoms with E-state index in [0.717, 1.165) is 19.6 Å². The lowest BCUT2D eigenvalue weighted by molar-refractivity contribution is -0.133. The Labute approximate surface area is 73.3 Å². The van der Waals surface area contributed by atoms with Crippen molar-refractivity contribution in [3.05, 3.63) is 0 Å². The third kappa shape index (κ3) is 1.95. The minimum atomic E-state index is 0.0654. The van der Waals surface area contributed by atoms with E-state index in [1.165, 1.54) is 0 Å². The molecular formula is C8H17N3O. The van der Waals surface area contributed by atoms with Gasteiger partial charge in [-0.25, -0.2) is 0 Å². The molecule has 1 saturated heterocycles. The fourth-order valence-electron chi connectivity index (χ4n) is 1.63. The van der Waals surface area contributed by atoms with Crippen LogP contribution in [-0.2, 0) is 4.79 Å². The van der Waals surface area contributed by atoms with Crippen LogP contribution in [0.2, 0.25) is 0 Å². The van der Waals surface area contributed by atoms with Crippen molar-refractivity contribution in [3.63, 3.8) is 0 Å². The molecule has 0 aromatic heterocycles. The van der Waals surface area contributed by atoms with Crippen molar-refractivity contribution in [2.45, 2.75) is 13.0 Å². The number of carbonyl (C=O) groups is 1. The summed E-state index contributed by atoms with van der Waals surface area (Å²) in [6.07, 6.45) is 0. The van der Waals surface area contributed by atoms with Crippen LogP contribution in [0.3, 0.4) is 0 Å². The van der Waals surface area contributed by atoms with Gasteiger partial charge in [-0.05, 0) is 14.0 Å². The summed E-state index contributed by atoms with van der Waals surface area (Å²) >= 11 is 0.